The van der Waals surface area contributed by atoms with Gasteiger partial charge in [-0.3, -0.25) is 4.79 Å². The Morgan fingerprint density at radius 3 is 2.56 bits per heavy atom. The van der Waals surface area contributed by atoms with Crippen LogP contribution in [0.4, 0.5) is 0 Å². The minimum absolute atomic E-state index is 0.0642. The summed E-state index contributed by atoms with van der Waals surface area (Å²) in [4.78, 5) is 10.8. The molecule has 0 aromatic carbocycles. The van der Waals surface area contributed by atoms with E-state index < -0.39 is 0 Å². The van der Waals surface area contributed by atoms with Crippen LogP contribution >= 0.6 is 27.5 Å². The summed E-state index contributed by atoms with van der Waals surface area (Å²) in [6.45, 7) is 0.709. The maximum absolute atomic E-state index is 10.8. The van der Waals surface area contributed by atoms with Crippen molar-refractivity contribution in [1.29, 1.82) is 0 Å². The Morgan fingerprint density at radius 1 is 1.89 bits per heavy atom. The quantitative estimate of drug-likeness (QED) is 0.531. The molecule has 52 valence electrons. The lowest BCUT2D eigenvalue weighted by Gasteiger charge is -2.37. The number of rotatable bonds is 2. The summed E-state index contributed by atoms with van der Waals surface area (Å²) < 4.78 is 0. The smallest absolute Gasteiger partial charge is 0.230 e. The molecule has 0 aromatic rings. The molecule has 1 fully saturated rings. The van der Waals surface area contributed by atoms with Crippen molar-refractivity contribution in [2.45, 2.75) is 0 Å². The number of hydrogen-bond donors (Lipinski definition) is 1. The zero-order valence-electron chi connectivity index (χ0n) is 4.79. The van der Waals surface area contributed by atoms with Crippen molar-refractivity contribution in [3.63, 3.8) is 0 Å². The van der Waals surface area contributed by atoms with Gasteiger partial charge in [-0.15, -0.1) is 11.6 Å². The molecule has 1 rings (SSSR count). The lowest BCUT2D eigenvalue weighted by Crippen LogP contribution is -2.61. The Balaban J connectivity index is 2.58. The highest BCUT2D eigenvalue weighted by Gasteiger charge is 2.44. The minimum atomic E-state index is -0.304. The van der Waals surface area contributed by atoms with Gasteiger partial charge in [-0.2, -0.15) is 0 Å². The molecule has 1 unspecified atom stereocenters. The molecule has 1 amide bonds. The van der Waals surface area contributed by atoms with Crippen molar-refractivity contribution in [3.8, 4) is 0 Å². The Labute approximate surface area is 67.1 Å². The summed E-state index contributed by atoms with van der Waals surface area (Å²) >= 11 is 8.80. The van der Waals surface area contributed by atoms with E-state index in [4.69, 9.17) is 11.6 Å². The van der Waals surface area contributed by atoms with Crippen molar-refractivity contribution in [2.24, 2.45) is 5.41 Å². The third kappa shape index (κ3) is 0.964. The van der Waals surface area contributed by atoms with Gasteiger partial charge in [0.25, 0.3) is 0 Å². The number of nitrogens with one attached hydrogen (secondary N) is 1. The first kappa shape index (κ1) is 7.35. The highest BCUT2D eigenvalue weighted by Crippen LogP contribution is 2.27. The zero-order chi connectivity index (χ0) is 6.91. The second kappa shape index (κ2) is 2.46. The molecule has 1 aliphatic rings. The first-order valence-corrected chi connectivity index (χ1v) is 4.31. The second-order valence-electron chi connectivity index (χ2n) is 2.23. The van der Waals surface area contributed by atoms with Gasteiger partial charge in [-0.1, -0.05) is 15.9 Å². The minimum Gasteiger partial charge on any atom is -0.354 e. The molecular weight excluding hydrogens is 205 g/mol. The maximum Gasteiger partial charge on any atom is 0.230 e. The summed E-state index contributed by atoms with van der Waals surface area (Å²) in [5.74, 6) is 0.471. The third-order valence-electron chi connectivity index (χ3n) is 1.58. The van der Waals surface area contributed by atoms with Crippen molar-refractivity contribution >= 4 is 33.4 Å². The largest absolute Gasteiger partial charge is 0.354 e. The van der Waals surface area contributed by atoms with Crippen LogP contribution in [0.1, 0.15) is 0 Å². The van der Waals surface area contributed by atoms with Gasteiger partial charge in [0, 0.05) is 17.8 Å². The number of halogens is 2. The third-order valence-corrected chi connectivity index (χ3v) is 3.17. The molecule has 1 atom stereocenters. The average Bonchev–Trinajstić information content (AvgIpc) is 1.89. The summed E-state index contributed by atoms with van der Waals surface area (Å²) in [5, 5.41) is 3.31. The van der Waals surface area contributed by atoms with Crippen molar-refractivity contribution < 1.29 is 4.79 Å². The number of amides is 1. The standard InChI is InChI=1S/C5H7BrClNO/c6-1-5(2-7)3-8-4(5)9/h1-3H2,(H,8,9). The first-order chi connectivity index (χ1) is 4.25. The molecule has 4 heteroatoms. The lowest BCUT2D eigenvalue weighted by atomic mass is 9.85. The number of hydrogen-bond acceptors (Lipinski definition) is 1. The summed E-state index contributed by atoms with van der Waals surface area (Å²) in [6, 6.07) is 0. The van der Waals surface area contributed by atoms with Gasteiger partial charge in [0.15, 0.2) is 0 Å². The SMILES string of the molecule is O=C1NCC1(CCl)CBr. The number of alkyl halides is 2. The molecule has 9 heavy (non-hydrogen) atoms. The fourth-order valence-corrected chi connectivity index (χ4v) is 1.85. The highest BCUT2D eigenvalue weighted by molar-refractivity contribution is 9.09. The Kier molecular flexibility index (Phi) is 2.01. The summed E-state index contributed by atoms with van der Waals surface area (Å²) in [5.41, 5.74) is -0.304. The van der Waals surface area contributed by atoms with Gasteiger partial charge in [0.1, 0.15) is 0 Å². The fraction of sp³-hybridized carbons (Fsp3) is 0.800. The van der Waals surface area contributed by atoms with Gasteiger partial charge in [-0.05, 0) is 0 Å². The number of carbonyl (C=O) groups excluding carboxylic acids is 1. The molecule has 0 radical (unpaired) electrons. The first-order valence-electron chi connectivity index (χ1n) is 2.65. The van der Waals surface area contributed by atoms with Gasteiger partial charge >= 0.3 is 0 Å². The van der Waals surface area contributed by atoms with Crippen LogP contribution in [-0.4, -0.2) is 23.7 Å². The van der Waals surface area contributed by atoms with Crippen molar-refractivity contribution in [2.75, 3.05) is 17.8 Å². The number of β-lactam (4-membered cyclic amide) rings is 1. The van der Waals surface area contributed by atoms with Crippen LogP contribution in [0.25, 0.3) is 0 Å². The molecule has 1 heterocycles. The van der Waals surface area contributed by atoms with Gasteiger partial charge in [0.05, 0.1) is 5.41 Å². The summed E-state index contributed by atoms with van der Waals surface area (Å²) in [6.07, 6.45) is 0. The van der Waals surface area contributed by atoms with E-state index in [2.05, 4.69) is 21.2 Å². The Morgan fingerprint density at radius 2 is 2.56 bits per heavy atom. The monoisotopic (exact) mass is 211 g/mol. The molecule has 1 aliphatic heterocycles. The van der Waals surface area contributed by atoms with Crippen LogP contribution < -0.4 is 5.32 Å². The van der Waals surface area contributed by atoms with E-state index in [0.717, 1.165) is 0 Å². The van der Waals surface area contributed by atoms with Gasteiger partial charge in [0.2, 0.25) is 5.91 Å². The van der Waals surface area contributed by atoms with Gasteiger partial charge in [-0.25, -0.2) is 0 Å². The van der Waals surface area contributed by atoms with Crippen LogP contribution in [-0.2, 0) is 4.79 Å². The topological polar surface area (TPSA) is 29.1 Å². The Hall–Kier alpha value is 0.240. The van der Waals surface area contributed by atoms with Crippen LogP contribution in [0.15, 0.2) is 0 Å². The van der Waals surface area contributed by atoms with Crippen LogP contribution in [0.5, 0.6) is 0 Å². The molecule has 0 bridgehead atoms. The van der Waals surface area contributed by atoms with Crippen LogP contribution in [0, 0.1) is 5.41 Å². The van der Waals surface area contributed by atoms with E-state index in [9.17, 15) is 4.79 Å². The van der Waals surface area contributed by atoms with Crippen LogP contribution in [0.3, 0.4) is 0 Å². The average molecular weight is 212 g/mol. The predicted molar refractivity (Wildman–Crippen MR) is 40.0 cm³/mol. The molecule has 0 spiro atoms. The number of carbonyl (C=O) groups is 1. The maximum atomic E-state index is 10.8. The van der Waals surface area contributed by atoms with E-state index in [1.165, 1.54) is 0 Å². The Bertz CT molecular complexity index is 129. The van der Waals surface area contributed by atoms with E-state index in [-0.39, 0.29) is 11.3 Å². The predicted octanol–water partition coefficient (Wildman–Crippen LogP) is 0.736. The zero-order valence-corrected chi connectivity index (χ0v) is 7.13. The highest BCUT2D eigenvalue weighted by atomic mass is 79.9. The fourth-order valence-electron chi connectivity index (χ4n) is 0.662. The van der Waals surface area contributed by atoms with E-state index in [0.29, 0.717) is 17.8 Å². The molecule has 0 aliphatic carbocycles. The molecule has 1 saturated heterocycles. The molecular formula is C5H7BrClNO. The van der Waals surface area contributed by atoms with Crippen molar-refractivity contribution in [3.05, 3.63) is 0 Å². The molecule has 0 aromatic heterocycles. The van der Waals surface area contributed by atoms with Gasteiger partial charge < -0.3 is 5.32 Å². The van der Waals surface area contributed by atoms with Crippen molar-refractivity contribution in [1.82, 2.24) is 5.32 Å². The molecule has 0 saturated carbocycles. The van der Waals surface area contributed by atoms with E-state index in [1.807, 2.05) is 0 Å². The summed E-state index contributed by atoms with van der Waals surface area (Å²) in [7, 11) is 0. The molecule has 1 N–H and O–H groups in total. The van der Waals surface area contributed by atoms with Crippen LogP contribution in [0.2, 0.25) is 0 Å². The van der Waals surface area contributed by atoms with E-state index >= 15 is 0 Å². The molecule has 2 nitrogen and oxygen atoms in total. The van der Waals surface area contributed by atoms with E-state index in [1.54, 1.807) is 0 Å². The second-order valence-corrected chi connectivity index (χ2v) is 3.06. The normalized spacial score (nSPS) is 33.3. The lowest BCUT2D eigenvalue weighted by molar-refractivity contribution is -0.136.